The average molecular weight is 238 g/mol. The zero-order valence-corrected chi connectivity index (χ0v) is 11.8. The summed E-state index contributed by atoms with van der Waals surface area (Å²) < 4.78 is 11.7. The summed E-state index contributed by atoms with van der Waals surface area (Å²) in [6, 6.07) is 11.0. The minimum absolute atomic E-state index is 0.265. The Morgan fingerprint density at radius 1 is 1.12 bits per heavy atom. The Hall–Kier alpha value is -0.803. The molecule has 90 valence electrons. The van der Waals surface area contributed by atoms with Gasteiger partial charge in [-0.1, -0.05) is 39.0 Å². The third kappa shape index (κ3) is 5.33. The van der Waals surface area contributed by atoms with E-state index >= 15 is 0 Å². The number of benzene rings is 1. The maximum absolute atomic E-state index is 5.95. The van der Waals surface area contributed by atoms with Crippen LogP contribution in [0, 0.1) is 5.41 Å². The SMILES string of the molecule is CCO[SiH](CC(C)(C)C)Oc1ccccc1. The Morgan fingerprint density at radius 3 is 2.25 bits per heavy atom. The molecule has 3 heteroatoms. The van der Waals surface area contributed by atoms with Gasteiger partial charge >= 0.3 is 9.28 Å². The molecule has 2 nitrogen and oxygen atoms in total. The lowest BCUT2D eigenvalue weighted by Crippen LogP contribution is -2.31. The van der Waals surface area contributed by atoms with Gasteiger partial charge in [-0.2, -0.15) is 0 Å². The monoisotopic (exact) mass is 238 g/mol. The Bertz CT molecular complexity index is 293. The fourth-order valence-electron chi connectivity index (χ4n) is 1.47. The summed E-state index contributed by atoms with van der Waals surface area (Å²) >= 11 is 0. The van der Waals surface area contributed by atoms with E-state index in [2.05, 4.69) is 20.8 Å². The molecular formula is C13H22O2Si. The Labute approximate surface area is 100 Å². The highest BCUT2D eigenvalue weighted by Crippen LogP contribution is 2.23. The van der Waals surface area contributed by atoms with E-state index in [1.807, 2.05) is 37.3 Å². The van der Waals surface area contributed by atoms with Crippen molar-refractivity contribution in [3.05, 3.63) is 30.3 Å². The first-order valence-corrected chi connectivity index (χ1v) is 7.60. The van der Waals surface area contributed by atoms with Crippen LogP contribution in [-0.2, 0) is 4.43 Å². The molecule has 0 spiro atoms. The molecule has 1 atom stereocenters. The quantitative estimate of drug-likeness (QED) is 0.732. The van der Waals surface area contributed by atoms with Crippen molar-refractivity contribution < 1.29 is 8.85 Å². The average Bonchev–Trinajstić information content (AvgIpc) is 2.17. The molecule has 0 aliphatic heterocycles. The van der Waals surface area contributed by atoms with Gasteiger partial charge in [0, 0.05) is 12.7 Å². The topological polar surface area (TPSA) is 18.5 Å². The van der Waals surface area contributed by atoms with Crippen molar-refractivity contribution in [3.8, 4) is 5.75 Å². The fraction of sp³-hybridized carbons (Fsp3) is 0.538. The standard InChI is InChI=1S/C13H22O2Si/c1-5-14-16(11-13(2,3)4)15-12-9-7-6-8-10-12/h6-10,16H,5,11H2,1-4H3. The van der Waals surface area contributed by atoms with Gasteiger partial charge in [0.05, 0.1) is 0 Å². The highest BCUT2D eigenvalue weighted by Gasteiger charge is 2.23. The van der Waals surface area contributed by atoms with Crippen LogP contribution in [0.2, 0.25) is 6.04 Å². The molecule has 1 aromatic carbocycles. The zero-order chi connectivity index (χ0) is 12.0. The predicted octanol–water partition coefficient (Wildman–Crippen LogP) is 3.37. The summed E-state index contributed by atoms with van der Waals surface area (Å²) in [5, 5.41) is 0. The lowest BCUT2D eigenvalue weighted by molar-refractivity contribution is 0.264. The van der Waals surface area contributed by atoms with Gasteiger partial charge in [0.25, 0.3) is 0 Å². The zero-order valence-electron chi connectivity index (χ0n) is 10.7. The van der Waals surface area contributed by atoms with Crippen LogP contribution < -0.4 is 4.43 Å². The van der Waals surface area contributed by atoms with Crippen LogP contribution >= 0.6 is 0 Å². The maximum Gasteiger partial charge on any atom is 0.382 e. The van der Waals surface area contributed by atoms with Crippen molar-refractivity contribution in [1.29, 1.82) is 0 Å². The second-order valence-corrected chi connectivity index (χ2v) is 6.92. The summed E-state index contributed by atoms with van der Waals surface area (Å²) in [4.78, 5) is 0. The van der Waals surface area contributed by atoms with E-state index in [1.165, 1.54) is 0 Å². The van der Waals surface area contributed by atoms with Crippen LogP contribution in [0.15, 0.2) is 30.3 Å². The van der Waals surface area contributed by atoms with Crippen LogP contribution in [0.3, 0.4) is 0 Å². The van der Waals surface area contributed by atoms with E-state index in [1.54, 1.807) is 0 Å². The number of rotatable bonds is 5. The van der Waals surface area contributed by atoms with Crippen LogP contribution in [0.25, 0.3) is 0 Å². The molecule has 0 radical (unpaired) electrons. The van der Waals surface area contributed by atoms with Gasteiger partial charge < -0.3 is 8.85 Å². The molecule has 1 aromatic rings. The van der Waals surface area contributed by atoms with Crippen molar-refractivity contribution in [3.63, 3.8) is 0 Å². The molecule has 1 unspecified atom stereocenters. The first-order chi connectivity index (χ1) is 7.51. The second kappa shape index (κ2) is 6.06. The van der Waals surface area contributed by atoms with Gasteiger partial charge in [0.1, 0.15) is 5.75 Å². The van der Waals surface area contributed by atoms with Gasteiger partial charge in [-0.15, -0.1) is 0 Å². The normalized spacial score (nSPS) is 13.5. The van der Waals surface area contributed by atoms with Crippen molar-refractivity contribution in [2.45, 2.75) is 33.7 Å². The van der Waals surface area contributed by atoms with Gasteiger partial charge in [0.15, 0.2) is 0 Å². The van der Waals surface area contributed by atoms with E-state index < -0.39 is 9.28 Å². The molecule has 0 amide bonds. The van der Waals surface area contributed by atoms with Crippen molar-refractivity contribution >= 4 is 9.28 Å². The molecule has 0 aliphatic rings. The van der Waals surface area contributed by atoms with Crippen LogP contribution in [0.1, 0.15) is 27.7 Å². The molecule has 1 rings (SSSR count). The highest BCUT2D eigenvalue weighted by atomic mass is 28.3. The minimum Gasteiger partial charge on any atom is -0.522 e. The molecule has 16 heavy (non-hydrogen) atoms. The third-order valence-electron chi connectivity index (χ3n) is 2.14. The molecule has 0 aliphatic carbocycles. The number of hydrogen-bond donors (Lipinski definition) is 0. The largest absolute Gasteiger partial charge is 0.522 e. The van der Waals surface area contributed by atoms with E-state index in [9.17, 15) is 0 Å². The van der Waals surface area contributed by atoms with Crippen LogP contribution in [-0.4, -0.2) is 15.9 Å². The lowest BCUT2D eigenvalue weighted by atomic mass is 10.0. The summed E-state index contributed by atoms with van der Waals surface area (Å²) in [6.07, 6.45) is 0. The summed E-state index contributed by atoms with van der Waals surface area (Å²) in [5.74, 6) is 0.928. The van der Waals surface area contributed by atoms with E-state index in [0.29, 0.717) is 0 Å². The molecule has 0 bridgehead atoms. The van der Waals surface area contributed by atoms with E-state index in [0.717, 1.165) is 18.4 Å². The molecule has 0 heterocycles. The van der Waals surface area contributed by atoms with Gasteiger partial charge in [-0.25, -0.2) is 0 Å². The Balaban J connectivity index is 2.58. The van der Waals surface area contributed by atoms with Crippen LogP contribution in [0.4, 0.5) is 0 Å². The highest BCUT2D eigenvalue weighted by molar-refractivity contribution is 6.45. The first kappa shape index (κ1) is 13.3. The smallest absolute Gasteiger partial charge is 0.382 e. The predicted molar refractivity (Wildman–Crippen MR) is 70.1 cm³/mol. The van der Waals surface area contributed by atoms with E-state index in [-0.39, 0.29) is 5.41 Å². The minimum atomic E-state index is -1.59. The molecule has 0 N–H and O–H groups in total. The maximum atomic E-state index is 5.95. The summed E-state index contributed by atoms with van der Waals surface area (Å²) in [6.45, 7) is 9.43. The Morgan fingerprint density at radius 2 is 1.75 bits per heavy atom. The van der Waals surface area contributed by atoms with Gasteiger partial charge in [-0.05, 0) is 24.5 Å². The Kier molecular flexibility index (Phi) is 5.02. The molecule has 0 saturated carbocycles. The third-order valence-corrected chi connectivity index (χ3v) is 4.94. The first-order valence-electron chi connectivity index (χ1n) is 5.84. The van der Waals surface area contributed by atoms with Crippen molar-refractivity contribution in [2.24, 2.45) is 5.41 Å². The lowest BCUT2D eigenvalue weighted by Gasteiger charge is -2.24. The second-order valence-electron chi connectivity index (χ2n) is 5.08. The summed E-state index contributed by atoms with van der Waals surface area (Å²) in [5.41, 5.74) is 0.265. The fourth-order valence-corrected chi connectivity index (χ4v) is 3.57. The number of para-hydroxylation sites is 1. The van der Waals surface area contributed by atoms with Gasteiger partial charge in [0.2, 0.25) is 0 Å². The van der Waals surface area contributed by atoms with Crippen molar-refractivity contribution in [2.75, 3.05) is 6.61 Å². The molecular weight excluding hydrogens is 216 g/mol. The summed E-state index contributed by atoms with van der Waals surface area (Å²) in [7, 11) is -1.59. The van der Waals surface area contributed by atoms with Gasteiger partial charge in [-0.3, -0.25) is 0 Å². The molecule has 0 aromatic heterocycles. The molecule has 0 fully saturated rings. The van der Waals surface area contributed by atoms with E-state index in [4.69, 9.17) is 8.85 Å². The molecule has 0 saturated heterocycles. The number of hydrogen-bond acceptors (Lipinski definition) is 2. The van der Waals surface area contributed by atoms with Crippen molar-refractivity contribution in [1.82, 2.24) is 0 Å². The van der Waals surface area contributed by atoms with Crippen LogP contribution in [0.5, 0.6) is 5.75 Å².